The van der Waals surface area contributed by atoms with E-state index in [1.807, 2.05) is 36.4 Å². The van der Waals surface area contributed by atoms with Gasteiger partial charge in [0, 0.05) is 25.4 Å². The van der Waals surface area contributed by atoms with Gasteiger partial charge in [-0.05, 0) is 23.8 Å². The summed E-state index contributed by atoms with van der Waals surface area (Å²) in [6, 6.07) is 17.6. The fourth-order valence-electron chi connectivity index (χ4n) is 2.17. The van der Waals surface area contributed by atoms with Crippen molar-refractivity contribution in [2.45, 2.75) is 6.04 Å². The predicted molar refractivity (Wildman–Crippen MR) is 84.5 cm³/mol. The Kier molecular flexibility index (Phi) is 5.35. The third-order valence-electron chi connectivity index (χ3n) is 3.23. The van der Waals surface area contributed by atoms with Crippen LogP contribution < -0.4 is 10.6 Å². The van der Waals surface area contributed by atoms with E-state index in [2.05, 4.69) is 22.8 Å². The van der Waals surface area contributed by atoms with Crippen molar-refractivity contribution in [3.63, 3.8) is 0 Å². The molecular formula is C17H20N2O2. The lowest BCUT2D eigenvalue weighted by molar-refractivity contribution is 0.0963. The van der Waals surface area contributed by atoms with E-state index in [0.717, 1.165) is 11.3 Å². The van der Waals surface area contributed by atoms with Gasteiger partial charge in [0.05, 0.1) is 12.6 Å². The first-order valence-electron chi connectivity index (χ1n) is 6.87. The number of methoxy groups -OCH3 is 1. The Morgan fingerprint density at radius 3 is 2.57 bits per heavy atom. The van der Waals surface area contributed by atoms with Crippen molar-refractivity contribution in [3.8, 4) is 0 Å². The fraction of sp³-hybridized carbons (Fsp3) is 0.235. The molecule has 110 valence electrons. The highest BCUT2D eigenvalue weighted by Gasteiger charge is 2.11. The normalized spacial score (nSPS) is 11.7. The van der Waals surface area contributed by atoms with Crippen molar-refractivity contribution in [1.82, 2.24) is 5.32 Å². The van der Waals surface area contributed by atoms with Crippen LogP contribution in [0.1, 0.15) is 22.0 Å². The molecule has 1 amide bonds. The van der Waals surface area contributed by atoms with Crippen LogP contribution in [0.15, 0.2) is 54.6 Å². The van der Waals surface area contributed by atoms with Crippen molar-refractivity contribution in [2.24, 2.45) is 0 Å². The van der Waals surface area contributed by atoms with Crippen molar-refractivity contribution >= 4 is 11.6 Å². The molecule has 4 nitrogen and oxygen atoms in total. The maximum absolute atomic E-state index is 11.7. The van der Waals surface area contributed by atoms with E-state index in [1.165, 1.54) is 0 Å². The van der Waals surface area contributed by atoms with Crippen LogP contribution in [0.3, 0.4) is 0 Å². The average molecular weight is 284 g/mol. The van der Waals surface area contributed by atoms with E-state index in [4.69, 9.17) is 4.74 Å². The Labute approximate surface area is 125 Å². The van der Waals surface area contributed by atoms with Crippen LogP contribution in [0.2, 0.25) is 0 Å². The summed E-state index contributed by atoms with van der Waals surface area (Å²) < 4.78 is 5.29. The molecule has 0 saturated carbocycles. The van der Waals surface area contributed by atoms with Crippen LogP contribution in [0.5, 0.6) is 0 Å². The van der Waals surface area contributed by atoms with Crippen molar-refractivity contribution in [2.75, 3.05) is 26.1 Å². The minimum atomic E-state index is -0.0957. The SMILES string of the molecule is CNC(=O)c1cccc(NC(COC)c2ccccc2)c1. The zero-order valence-electron chi connectivity index (χ0n) is 12.3. The molecule has 4 heteroatoms. The zero-order valence-corrected chi connectivity index (χ0v) is 12.3. The number of hydrogen-bond donors (Lipinski definition) is 2. The number of benzene rings is 2. The van der Waals surface area contributed by atoms with Crippen molar-refractivity contribution in [1.29, 1.82) is 0 Å². The van der Waals surface area contributed by atoms with Gasteiger partial charge in [-0.1, -0.05) is 36.4 Å². The van der Waals surface area contributed by atoms with Crippen LogP contribution >= 0.6 is 0 Å². The van der Waals surface area contributed by atoms with Gasteiger partial charge in [-0.15, -0.1) is 0 Å². The second-order valence-corrected chi connectivity index (χ2v) is 4.72. The quantitative estimate of drug-likeness (QED) is 0.857. The number of ether oxygens (including phenoxy) is 1. The Morgan fingerprint density at radius 2 is 1.90 bits per heavy atom. The fourth-order valence-corrected chi connectivity index (χ4v) is 2.17. The van der Waals surface area contributed by atoms with Crippen LogP contribution in [0.4, 0.5) is 5.69 Å². The number of anilines is 1. The number of carbonyl (C=O) groups excluding carboxylic acids is 1. The topological polar surface area (TPSA) is 50.4 Å². The summed E-state index contributed by atoms with van der Waals surface area (Å²) in [5, 5.41) is 6.04. The molecule has 0 aromatic heterocycles. The van der Waals surface area contributed by atoms with E-state index in [1.54, 1.807) is 20.2 Å². The molecule has 0 bridgehead atoms. The summed E-state index contributed by atoms with van der Waals surface area (Å²) >= 11 is 0. The summed E-state index contributed by atoms with van der Waals surface area (Å²) in [5.74, 6) is -0.0957. The second-order valence-electron chi connectivity index (χ2n) is 4.72. The van der Waals surface area contributed by atoms with Gasteiger partial charge < -0.3 is 15.4 Å². The van der Waals surface area contributed by atoms with Crippen LogP contribution in [0, 0.1) is 0 Å². The molecule has 1 unspecified atom stereocenters. The van der Waals surface area contributed by atoms with E-state index >= 15 is 0 Å². The zero-order chi connectivity index (χ0) is 15.1. The van der Waals surface area contributed by atoms with E-state index < -0.39 is 0 Å². The van der Waals surface area contributed by atoms with E-state index in [9.17, 15) is 4.79 Å². The molecule has 2 aromatic carbocycles. The lowest BCUT2D eigenvalue weighted by Gasteiger charge is -2.20. The number of amides is 1. The lowest BCUT2D eigenvalue weighted by atomic mass is 10.1. The molecule has 0 aliphatic heterocycles. The van der Waals surface area contributed by atoms with Gasteiger partial charge in [-0.25, -0.2) is 0 Å². The van der Waals surface area contributed by atoms with Gasteiger partial charge in [0.2, 0.25) is 0 Å². The summed E-state index contributed by atoms with van der Waals surface area (Å²) in [5.41, 5.74) is 2.67. The van der Waals surface area contributed by atoms with E-state index in [-0.39, 0.29) is 11.9 Å². The number of hydrogen-bond acceptors (Lipinski definition) is 3. The average Bonchev–Trinajstić information content (AvgIpc) is 2.55. The molecule has 0 heterocycles. The molecule has 2 N–H and O–H groups in total. The molecule has 0 fully saturated rings. The third-order valence-corrected chi connectivity index (χ3v) is 3.23. The highest BCUT2D eigenvalue weighted by Crippen LogP contribution is 2.20. The van der Waals surface area contributed by atoms with Gasteiger partial charge in [-0.3, -0.25) is 4.79 Å². The predicted octanol–water partition coefficient (Wildman–Crippen LogP) is 2.85. The summed E-state index contributed by atoms with van der Waals surface area (Å²) in [4.78, 5) is 11.7. The van der Waals surface area contributed by atoms with E-state index in [0.29, 0.717) is 12.2 Å². The molecule has 0 radical (unpaired) electrons. The molecule has 0 spiro atoms. The maximum atomic E-state index is 11.7. The minimum Gasteiger partial charge on any atom is -0.382 e. The summed E-state index contributed by atoms with van der Waals surface area (Å²) in [6.45, 7) is 0.550. The number of nitrogens with one attached hydrogen (secondary N) is 2. The molecule has 2 rings (SSSR count). The molecule has 0 aliphatic rings. The molecule has 1 atom stereocenters. The number of carbonyl (C=O) groups is 1. The molecular weight excluding hydrogens is 264 g/mol. The first kappa shape index (κ1) is 15.1. The van der Waals surface area contributed by atoms with Gasteiger partial charge in [0.25, 0.3) is 5.91 Å². The molecule has 0 aliphatic carbocycles. The first-order valence-corrected chi connectivity index (χ1v) is 6.87. The summed E-state index contributed by atoms with van der Waals surface area (Å²) in [7, 11) is 3.30. The van der Waals surface area contributed by atoms with Crippen molar-refractivity contribution < 1.29 is 9.53 Å². The Bertz CT molecular complexity index is 584. The second kappa shape index (κ2) is 7.45. The Balaban J connectivity index is 2.19. The van der Waals surface area contributed by atoms with Crippen LogP contribution in [-0.4, -0.2) is 26.7 Å². The third kappa shape index (κ3) is 4.07. The highest BCUT2D eigenvalue weighted by atomic mass is 16.5. The largest absolute Gasteiger partial charge is 0.382 e. The summed E-state index contributed by atoms with van der Waals surface area (Å²) in [6.07, 6.45) is 0. The monoisotopic (exact) mass is 284 g/mol. The Morgan fingerprint density at radius 1 is 1.14 bits per heavy atom. The Hall–Kier alpha value is -2.33. The lowest BCUT2D eigenvalue weighted by Crippen LogP contribution is -2.19. The van der Waals surface area contributed by atoms with Gasteiger partial charge in [-0.2, -0.15) is 0 Å². The maximum Gasteiger partial charge on any atom is 0.251 e. The highest BCUT2D eigenvalue weighted by molar-refractivity contribution is 5.94. The minimum absolute atomic E-state index is 0.0381. The first-order chi connectivity index (χ1) is 10.2. The number of rotatable bonds is 6. The molecule has 2 aromatic rings. The van der Waals surface area contributed by atoms with Crippen molar-refractivity contribution in [3.05, 3.63) is 65.7 Å². The standard InChI is InChI=1S/C17H20N2O2/c1-18-17(20)14-9-6-10-15(11-14)19-16(12-21-2)13-7-4-3-5-8-13/h3-11,16,19H,12H2,1-2H3,(H,18,20). The molecule has 21 heavy (non-hydrogen) atoms. The van der Waals surface area contributed by atoms with Crippen LogP contribution in [0.25, 0.3) is 0 Å². The van der Waals surface area contributed by atoms with Gasteiger partial charge in [0.15, 0.2) is 0 Å². The van der Waals surface area contributed by atoms with Crippen LogP contribution in [-0.2, 0) is 4.74 Å². The van der Waals surface area contributed by atoms with Gasteiger partial charge >= 0.3 is 0 Å². The smallest absolute Gasteiger partial charge is 0.251 e. The molecule has 0 saturated heterocycles. The van der Waals surface area contributed by atoms with Gasteiger partial charge in [0.1, 0.15) is 0 Å².